The van der Waals surface area contributed by atoms with Gasteiger partial charge in [0.25, 0.3) is 0 Å². The highest BCUT2D eigenvalue weighted by Crippen LogP contribution is 2.25. The van der Waals surface area contributed by atoms with Gasteiger partial charge in [0.1, 0.15) is 0 Å². The third-order valence-corrected chi connectivity index (χ3v) is 4.08. The van der Waals surface area contributed by atoms with E-state index in [2.05, 4.69) is 70.1 Å². The number of nitrogens with zero attached hydrogens (tertiary/aromatic N) is 2. The summed E-state index contributed by atoms with van der Waals surface area (Å²) >= 11 is 3.58. The summed E-state index contributed by atoms with van der Waals surface area (Å²) in [4.78, 5) is 4.89. The predicted molar refractivity (Wildman–Crippen MR) is 85.8 cm³/mol. The lowest BCUT2D eigenvalue weighted by atomic mass is 10.1. The molecular formula is C15H24BrN3. The number of anilines is 1. The summed E-state index contributed by atoms with van der Waals surface area (Å²) in [6.07, 6.45) is 0. The van der Waals surface area contributed by atoms with Crippen LogP contribution in [0.15, 0.2) is 22.7 Å². The van der Waals surface area contributed by atoms with Crippen molar-refractivity contribution < 1.29 is 0 Å². The van der Waals surface area contributed by atoms with E-state index in [1.165, 1.54) is 11.3 Å². The van der Waals surface area contributed by atoms with E-state index >= 15 is 0 Å². The Morgan fingerprint density at radius 3 is 2.53 bits per heavy atom. The smallest absolute Gasteiger partial charge is 0.0413 e. The molecule has 1 fully saturated rings. The van der Waals surface area contributed by atoms with Gasteiger partial charge in [0.15, 0.2) is 0 Å². The van der Waals surface area contributed by atoms with Gasteiger partial charge in [-0.15, -0.1) is 0 Å². The molecule has 1 heterocycles. The van der Waals surface area contributed by atoms with Crippen molar-refractivity contribution in [1.29, 1.82) is 0 Å². The van der Waals surface area contributed by atoms with Crippen LogP contribution >= 0.6 is 15.9 Å². The Hall–Kier alpha value is -0.580. The molecule has 4 heteroatoms. The van der Waals surface area contributed by atoms with Gasteiger partial charge in [0, 0.05) is 48.9 Å². The van der Waals surface area contributed by atoms with Crippen LogP contribution in [0.25, 0.3) is 0 Å². The van der Waals surface area contributed by atoms with E-state index in [1.54, 1.807) is 0 Å². The maximum atomic E-state index is 3.58. The fourth-order valence-corrected chi connectivity index (χ4v) is 2.77. The molecule has 0 unspecified atom stereocenters. The van der Waals surface area contributed by atoms with Gasteiger partial charge in [0.2, 0.25) is 0 Å². The van der Waals surface area contributed by atoms with Crippen molar-refractivity contribution in [1.82, 2.24) is 10.2 Å². The van der Waals surface area contributed by atoms with Gasteiger partial charge < -0.3 is 15.1 Å². The first-order valence-corrected chi connectivity index (χ1v) is 7.81. The van der Waals surface area contributed by atoms with Crippen LogP contribution in [0.4, 0.5) is 5.69 Å². The van der Waals surface area contributed by atoms with Gasteiger partial charge in [-0.25, -0.2) is 0 Å². The van der Waals surface area contributed by atoms with Crippen LogP contribution in [0.3, 0.4) is 0 Å². The molecule has 0 saturated carbocycles. The Bertz CT molecular complexity index is 412. The zero-order valence-electron chi connectivity index (χ0n) is 12.1. The maximum absolute atomic E-state index is 3.58. The van der Waals surface area contributed by atoms with E-state index < -0.39 is 0 Å². The van der Waals surface area contributed by atoms with Gasteiger partial charge in [-0.3, -0.25) is 0 Å². The van der Waals surface area contributed by atoms with Gasteiger partial charge >= 0.3 is 0 Å². The molecule has 106 valence electrons. The first kappa shape index (κ1) is 14.8. The lowest BCUT2D eigenvalue weighted by molar-refractivity contribution is 0.312. The SMILES string of the molecule is CC(C)NCc1cc(Br)ccc1N1CCN(C)CC1. The van der Waals surface area contributed by atoms with Crippen LogP contribution in [0, 0.1) is 0 Å². The number of likely N-dealkylation sites (N-methyl/N-ethyl adjacent to an activating group) is 1. The third kappa shape index (κ3) is 4.20. The van der Waals surface area contributed by atoms with E-state index in [1.807, 2.05) is 0 Å². The second-order valence-electron chi connectivity index (χ2n) is 5.60. The molecule has 1 N–H and O–H groups in total. The molecule has 0 radical (unpaired) electrons. The maximum Gasteiger partial charge on any atom is 0.0413 e. The van der Waals surface area contributed by atoms with Crippen LogP contribution in [0.1, 0.15) is 19.4 Å². The van der Waals surface area contributed by atoms with Gasteiger partial charge in [-0.1, -0.05) is 29.8 Å². The zero-order chi connectivity index (χ0) is 13.8. The first-order valence-electron chi connectivity index (χ1n) is 7.01. The molecule has 1 aromatic carbocycles. The summed E-state index contributed by atoms with van der Waals surface area (Å²) in [5, 5.41) is 3.52. The van der Waals surface area contributed by atoms with Crippen LogP contribution in [0.5, 0.6) is 0 Å². The first-order chi connectivity index (χ1) is 9.06. The largest absolute Gasteiger partial charge is 0.369 e. The zero-order valence-corrected chi connectivity index (χ0v) is 13.7. The van der Waals surface area contributed by atoms with E-state index in [0.717, 1.165) is 37.2 Å². The van der Waals surface area contributed by atoms with E-state index in [-0.39, 0.29) is 0 Å². The quantitative estimate of drug-likeness (QED) is 0.918. The summed E-state index contributed by atoms with van der Waals surface area (Å²) in [7, 11) is 2.19. The number of hydrogen-bond donors (Lipinski definition) is 1. The van der Waals surface area contributed by atoms with Crippen LogP contribution in [-0.2, 0) is 6.54 Å². The summed E-state index contributed by atoms with van der Waals surface area (Å²) in [5.41, 5.74) is 2.76. The predicted octanol–water partition coefficient (Wildman–Crippen LogP) is 2.70. The topological polar surface area (TPSA) is 18.5 Å². The highest BCUT2D eigenvalue weighted by molar-refractivity contribution is 9.10. The van der Waals surface area contributed by atoms with Gasteiger partial charge in [0.05, 0.1) is 0 Å². The Kier molecular flexibility index (Phi) is 5.25. The van der Waals surface area contributed by atoms with Gasteiger partial charge in [-0.2, -0.15) is 0 Å². The number of hydrogen-bond acceptors (Lipinski definition) is 3. The summed E-state index contributed by atoms with van der Waals surface area (Å²) in [6, 6.07) is 7.14. The molecule has 0 atom stereocenters. The van der Waals surface area contributed by atoms with Crippen molar-refractivity contribution in [2.75, 3.05) is 38.1 Å². The van der Waals surface area contributed by atoms with E-state index in [9.17, 15) is 0 Å². The fourth-order valence-electron chi connectivity index (χ4n) is 2.37. The van der Waals surface area contributed by atoms with E-state index in [0.29, 0.717) is 6.04 Å². The Balaban J connectivity index is 2.14. The minimum absolute atomic E-state index is 0.513. The Morgan fingerprint density at radius 2 is 1.89 bits per heavy atom. The second-order valence-corrected chi connectivity index (χ2v) is 6.51. The second kappa shape index (κ2) is 6.73. The average Bonchev–Trinajstić information content (AvgIpc) is 2.38. The standard InChI is InChI=1S/C15H24BrN3/c1-12(2)17-11-13-10-14(16)4-5-15(13)19-8-6-18(3)7-9-19/h4-5,10,12,17H,6-9,11H2,1-3H3. The molecule has 1 aromatic rings. The molecule has 19 heavy (non-hydrogen) atoms. The number of rotatable bonds is 4. The van der Waals surface area contributed by atoms with Crippen molar-refractivity contribution in [2.45, 2.75) is 26.4 Å². The summed E-state index contributed by atoms with van der Waals surface area (Å²) < 4.78 is 1.16. The minimum Gasteiger partial charge on any atom is -0.369 e. The lowest BCUT2D eigenvalue weighted by Crippen LogP contribution is -2.45. The molecule has 0 bridgehead atoms. The van der Waals surface area contributed by atoms with Crippen LogP contribution in [0.2, 0.25) is 0 Å². The summed E-state index contributed by atoms with van der Waals surface area (Å²) in [6.45, 7) is 9.83. The molecular weight excluding hydrogens is 302 g/mol. The summed E-state index contributed by atoms with van der Waals surface area (Å²) in [5.74, 6) is 0. The van der Waals surface area contributed by atoms with Crippen LogP contribution < -0.4 is 10.2 Å². The number of piperazine rings is 1. The van der Waals surface area contributed by atoms with Crippen molar-refractivity contribution >= 4 is 21.6 Å². The lowest BCUT2D eigenvalue weighted by Gasteiger charge is -2.35. The fraction of sp³-hybridized carbons (Fsp3) is 0.600. The Labute approximate surface area is 125 Å². The van der Waals surface area contributed by atoms with Crippen molar-refractivity contribution in [3.63, 3.8) is 0 Å². The molecule has 0 aromatic heterocycles. The molecule has 2 rings (SSSR count). The molecule has 0 spiro atoms. The highest BCUT2D eigenvalue weighted by Gasteiger charge is 2.17. The monoisotopic (exact) mass is 325 g/mol. The van der Waals surface area contributed by atoms with Crippen molar-refractivity contribution in [3.05, 3.63) is 28.2 Å². The molecule has 1 saturated heterocycles. The molecule has 0 amide bonds. The Morgan fingerprint density at radius 1 is 1.21 bits per heavy atom. The van der Waals surface area contributed by atoms with Gasteiger partial charge in [-0.05, 0) is 30.8 Å². The third-order valence-electron chi connectivity index (χ3n) is 3.59. The van der Waals surface area contributed by atoms with Crippen LogP contribution in [-0.4, -0.2) is 44.2 Å². The van der Waals surface area contributed by atoms with Crippen molar-refractivity contribution in [2.24, 2.45) is 0 Å². The number of nitrogens with one attached hydrogen (secondary N) is 1. The molecule has 1 aliphatic rings. The molecule has 3 nitrogen and oxygen atoms in total. The molecule has 1 aliphatic heterocycles. The number of halogens is 1. The number of benzene rings is 1. The van der Waals surface area contributed by atoms with E-state index in [4.69, 9.17) is 0 Å². The molecule has 0 aliphatic carbocycles. The van der Waals surface area contributed by atoms with Crippen molar-refractivity contribution in [3.8, 4) is 0 Å². The minimum atomic E-state index is 0.513. The normalized spacial score (nSPS) is 17.2. The average molecular weight is 326 g/mol. The highest BCUT2D eigenvalue weighted by atomic mass is 79.9.